The van der Waals surface area contributed by atoms with Gasteiger partial charge in [-0.15, -0.1) is 13.2 Å². The maximum atomic E-state index is 14.1. The Bertz CT molecular complexity index is 843. The summed E-state index contributed by atoms with van der Waals surface area (Å²) in [4.78, 5) is 47.1. The van der Waals surface area contributed by atoms with Gasteiger partial charge in [0.25, 0.3) is 0 Å². The van der Waals surface area contributed by atoms with Crippen molar-refractivity contribution in [1.82, 2.24) is 14.7 Å². The van der Waals surface area contributed by atoms with Crippen molar-refractivity contribution in [2.45, 2.75) is 83.7 Å². The van der Waals surface area contributed by atoms with E-state index in [2.05, 4.69) is 13.2 Å². The van der Waals surface area contributed by atoms with Crippen LogP contribution in [-0.4, -0.2) is 93.6 Å². The molecule has 8 heteroatoms. The van der Waals surface area contributed by atoms with Crippen LogP contribution >= 0.6 is 0 Å². The minimum absolute atomic E-state index is 0.0786. The van der Waals surface area contributed by atoms with Gasteiger partial charge in [-0.3, -0.25) is 14.4 Å². The van der Waals surface area contributed by atoms with Crippen LogP contribution in [0.2, 0.25) is 0 Å². The molecule has 2 bridgehead atoms. The van der Waals surface area contributed by atoms with Crippen LogP contribution in [0.3, 0.4) is 0 Å². The van der Waals surface area contributed by atoms with E-state index in [0.717, 1.165) is 6.42 Å². The Balaban J connectivity index is 2.11. The quantitative estimate of drug-likeness (QED) is 0.425. The summed E-state index contributed by atoms with van der Waals surface area (Å²) >= 11 is 0. The van der Waals surface area contributed by atoms with Crippen molar-refractivity contribution in [3.05, 3.63) is 25.3 Å². The lowest BCUT2D eigenvalue weighted by Crippen LogP contribution is -2.60. The number of hydrogen-bond donors (Lipinski definition) is 1. The van der Waals surface area contributed by atoms with Crippen LogP contribution in [0.15, 0.2) is 25.3 Å². The predicted molar refractivity (Wildman–Crippen MR) is 134 cm³/mol. The van der Waals surface area contributed by atoms with Crippen LogP contribution in [0.4, 0.5) is 0 Å². The van der Waals surface area contributed by atoms with Crippen molar-refractivity contribution in [2.75, 3.05) is 26.2 Å². The second kappa shape index (κ2) is 10.8. The summed E-state index contributed by atoms with van der Waals surface area (Å²) in [6.45, 7) is 18.4. The van der Waals surface area contributed by atoms with E-state index in [1.54, 1.807) is 26.9 Å². The summed E-state index contributed by atoms with van der Waals surface area (Å²) in [6.07, 6.45) is 4.94. The van der Waals surface area contributed by atoms with Crippen molar-refractivity contribution < 1.29 is 24.2 Å². The number of amides is 3. The largest absolute Gasteiger partial charge is 0.394 e. The molecule has 1 spiro atoms. The van der Waals surface area contributed by atoms with E-state index >= 15 is 0 Å². The zero-order valence-corrected chi connectivity index (χ0v) is 22.0. The van der Waals surface area contributed by atoms with E-state index in [-0.39, 0.29) is 36.3 Å². The van der Waals surface area contributed by atoms with Gasteiger partial charge in [0.2, 0.25) is 17.7 Å². The molecule has 0 aromatic rings. The molecular weight excluding hydrogens is 446 g/mol. The van der Waals surface area contributed by atoms with Gasteiger partial charge in [-0.2, -0.15) is 0 Å². The minimum atomic E-state index is -1.07. The number of rotatable bonds is 12. The summed E-state index contributed by atoms with van der Waals surface area (Å²) in [5.41, 5.74) is -1.07. The number of carbonyl (C=O) groups excluding carboxylic acids is 3. The Kier molecular flexibility index (Phi) is 8.48. The normalized spacial score (nSPS) is 30.1. The van der Waals surface area contributed by atoms with Crippen LogP contribution in [0.5, 0.6) is 0 Å². The van der Waals surface area contributed by atoms with Gasteiger partial charge < -0.3 is 24.5 Å². The standard InChI is InChI=1S/C27H43N3O5/c1-8-13-28(14-9-2)24(32)21-20-11-12-27(35-20)22(21)25(33)30(19(16-31)17(4)5)23(27)26(34)29(15-10-3)18(6)7/h8,10,17-23,31H,1,3,9,11-16H2,2,4-7H3/t19-,20-,21+,22-,23?,27?/m0/s1. The zero-order chi connectivity index (χ0) is 26.1. The highest BCUT2D eigenvalue weighted by atomic mass is 16.5. The molecule has 0 radical (unpaired) electrons. The maximum absolute atomic E-state index is 14.1. The molecule has 3 aliphatic heterocycles. The topological polar surface area (TPSA) is 90.4 Å². The Hall–Kier alpha value is -2.19. The van der Waals surface area contributed by atoms with E-state index in [4.69, 9.17) is 4.74 Å². The Morgan fingerprint density at radius 2 is 1.86 bits per heavy atom. The number of aliphatic hydroxyl groups excluding tert-OH is 1. The Labute approximate surface area is 210 Å². The van der Waals surface area contributed by atoms with Crippen LogP contribution in [-0.2, 0) is 19.1 Å². The number of fused-ring (bicyclic) bond motifs is 1. The number of nitrogens with zero attached hydrogens (tertiary/aromatic N) is 3. The van der Waals surface area contributed by atoms with Gasteiger partial charge in [0.05, 0.1) is 30.6 Å². The first kappa shape index (κ1) is 27.4. The van der Waals surface area contributed by atoms with E-state index in [9.17, 15) is 19.5 Å². The third-order valence-electron chi connectivity index (χ3n) is 7.96. The molecule has 6 atom stereocenters. The number of aliphatic hydroxyl groups is 1. The number of hydrogen-bond acceptors (Lipinski definition) is 5. The van der Waals surface area contributed by atoms with Crippen LogP contribution in [0, 0.1) is 17.8 Å². The molecule has 0 aromatic heterocycles. The Morgan fingerprint density at radius 3 is 2.37 bits per heavy atom. The molecule has 3 aliphatic rings. The lowest BCUT2D eigenvalue weighted by molar-refractivity contribution is -0.153. The first-order valence-electron chi connectivity index (χ1n) is 13.0. The molecule has 0 saturated carbocycles. The summed E-state index contributed by atoms with van der Waals surface area (Å²) < 4.78 is 6.55. The van der Waals surface area contributed by atoms with E-state index < -0.39 is 35.6 Å². The van der Waals surface area contributed by atoms with Gasteiger partial charge in [-0.05, 0) is 39.0 Å². The SMILES string of the molecule is C=CCN(CCC)C(=O)[C@@H]1[C@@H]2CCC3(O2)C(C(=O)N(CC=C)C(C)C)N([C@@H](CO)C(C)C)C(=O)[C@H]13. The van der Waals surface area contributed by atoms with Crippen molar-refractivity contribution in [3.8, 4) is 0 Å². The third-order valence-corrected chi connectivity index (χ3v) is 7.96. The fraction of sp³-hybridized carbons (Fsp3) is 0.741. The molecule has 3 heterocycles. The van der Waals surface area contributed by atoms with Crippen LogP contribution in [0.1, 0.15) is 53.9 Å². The van der Waals surface area contributed by atoms with Gasteiger partial charge in [-0.25, -0.2) is 0 Å². The van der Waals surface area contributed by atoms with Crippen molar-refractivity contribution >= 4 is 17.7 Å². The molecule has 1 N–H and O–H groups in total. The molecule has 0 aromatic carbocycles. The molecule has 35 heavy (non-hydrogen) atoms. The summed E-state index contributed by atoms with van der Waals surface area (Å²) in [5, 5.41) is 10.3. The summed E-state index contributed by atoms with van der Waals surface area (Å²) in [6, 6.07) is -1.54. The molecule has 3 amide bonds. The molecule has 8 nitrogen and oxygen atoms in total. The minimum Gasteiger partial charge on any atom is -0.394 e. The average molecular weight is 490 g/mol. The first-order chi connectivity index (χ1) is 16.6. The molecule has 196 valence electrons. The van der Waals surface area contributed by atoms with Crippen LogP contribution in [0.25, 0.3) is 0 Å². The van der Waals surface area contributed by atoms with Gasteiger partial charge in [0, 0.05) is 25.7 Å². The van der Waals surface area contributed by atoms with Crippen LogP contribution < -0.4 is 0 Å². The monoisotopic (exact) mass is 489 g/mol. The molecule has 3 fully saturated rings. The third kappa shape index (κ3) is 4.44. The molecule has 2 unspecified atom stereocenters. The van der Waals surface area contributed by atoms with Gasteiger partial charge >= 0.3 is 0 Å². The number of carbonyl (C=O) groups is 3. The van der Waals surface area contributed by atoms with Crippen molar-refractivity contribution in [1.29, 1.82) is 0 Å². The molecule has 0 aliphatic carbocycles. The second-order valence-corrected chi connectivity index (χ2v) is 10.7. The van der Waals surface area contributed by atoms with E-state index in [1.165, 1.54) is 0 Å². The number of ether oxygens (including phenoxy) is 1. The van der Waals surface area contributed by atoms with E-state index in [1.807, 2.05) is 34.6 Å². The fourth-order valence-corrected chi connectivity index (χ4v) is 6.41. The highest BCUT2D eigenvalue weighted by Gasteiger charge is 2.75. The fourth-order valence-electron chi connectivity index (χ4n) is 6.41. The average Bonchev–Trinajstić information content (AvgIpc) is 3.44. The molecule has 3 rings (SSSR count). The van der Waals surface area contributed by atoms with E-state index in [0.29, 0.717) is 32.5 Å². The summed E-state index contributed by atoms with van der Waals surface area (Å²) in [5.74, 6) is -2.03. The van der Waals surface area contributed by atoms with Crippen molar-refractivity contribution in [3.63, 3.8) is 0 Å². The Morgan fingerprint density at radius 1 is 1.20 bits per heavy atom. The second-order valence-electron chi connectivity index (χ2n) is 10.7. The number of likely N-dealkylation sites (tertiary alicyclic amines) is 1. The van der Waals surface area contributed by atoms with Gasteiger partial charge in [-0.1, -0.05) is 32.9 Å². The smallest absolute Gasteiger partial charge is 0.248 e. The lowest BCUT2D eigenvalue weighted by Gasteiger charge is -2.41. The lowest BCUT2D eigenvalue weighted by atomic mass is 9.70. The zero-order valence-electron chi connectivity index (χ0n) is 22.0. The van der Waals surface area contributed by atoms with Gasteiger partial charge in [0.15, 0.2) is 0 Å². The molecule has 3 saturated heterocycles. The van der Waals surface area contributed by atoms with Gasteiger partial charge in [0.1, 0.15) is 11.6 Å². The molecular formula is C27H43N3O5. The highest BCUT2D eigenvalue weighted by Crippen LogP contribution is 2.59. The van der Waals surface area contributed by atoms with Crippen molar-refractivity contribution in [2.24, 2.45) is 17.8 Å². The predicted octanol–water partition coefficient (Wildman–Crippen LogP) is 2.23. The maximum Gasteiger partial charge on any atom is 0.248 e. The summed E-state index contributed by atoms with van der Waals surface area (Å²) in [7, 11) is 0. The first-order valence-corrected chi connectivity index (χ1v) is 13.0. The highest BCUT2D eigenvalue weighted by molar-refractivity contribution is 5.99.